The van der Waals surface area contributed by atoms with Crippen LogP contribution in [-0.2, 0) is 0 Å². The zero-order chi connectivity index (χ0) is 11.7. The molecule has 0 aromatic carbocycles. The molecule has 2 unspecified atom stereocenters. The van der Waals surface area contributed by atoms with Crippen LogP contribution < -0.4 is 5.73 Å². The van der Waals surface area contributed by atoms with E-state index in [-0.39, 0.29) is 25.2 Å². The quantitative estimate of drug-likeness (QED) is 0.710. The standard InChI is InChI=1S/C11H20F3N.ClH/c1-8(2)9-4-3-6-10(15,7-5-9)11(12,13)14;/h8-9H,3-7,15H2,1-2H3;1H. The minimum atomic E-state index is -4.25. The minimum Gasteiger partial charge on any atom is -0.318 e. The molecule has 2 atom stereocenters. The van der Waals surface area contributed by atoms with Crippen LogP contribution in [0, 0.1) is 11.8 Å². The Bertz CT molecular complexity index is 218. The molecule has 1 aliphatic carbocycles. The first kappa shape index (κ1) is 16.0. The third kappa shape index (κ3) is 3.52. The van der Waals surface area contributed by atoms with Gasteiger partial charge in [-0.25, -0.2) is 0 Å². The maximum Gasteiger partial charge on any atom is 0.406 e. The molecule has 0 radical (unpaired) electrons. The van der Waals surface area contributed by atoms with E-state index in [4.69, 9.17) is 5.73 Å². The first-order valence-corrected chi connectivity index (χ1v) is 5.62. The molecule has 0 spiro atoms. The van der Waals surface area contributed by atoms with Crippen LogP contribution in [0.3, 0.4) is 0 Å². The highest BCUT2D eigenvalue weighted by Gasteiger charge is 2.51. The molecule has 16 heavy (non-hydrogen) atoms. The Kier molecular flexibility index (Phi) is 5.60. The summed E-state index contributed by atoms with van der Waals surface area (Å²) in [5.74, 6) is 0.860. The molecule has 0 bridgehead atoms. The molecule has 5 heteroatoms. The van der Waals surface area contributed by atoms with E-state index in [1.54, 1.807) is 0 Å². The number of rotatable bonds is 1. The van der Waals surface area contributed by atoms with Crippen molar-refractivity contribution in [3.05, 3.63) is 0 Å². The fourth-order valence-electron chi connectivity index (χ4n) is 2.34. The lowest BCUT2D eigenvalue weighted by molar-refractivity contribution is -0.189. The van der Waals surface area contributed by atoms with E-state index in [1.807, 2.05) is 0 Å². The van der Waals surface area contributed by atoms with Gasteiger partial charge in [-0.05, 0) is 31.1 Å². The van der Waals surface area contributed by atoms with E-state index in [2.05, 4.69) is 13.8 Å². The summed E-state index contributed by atoms with van der Waals surface area (Å²) in [6, 6.07) is 0. The zero-order valence-electron chi connectivity index (χ0n) is 9.81. The number of hydrogen-bond donors (Lipinski definition) is 1. The fourth-order valence-corrected chi connectivity index (χ4v) is 2.34. The Morgan fingerprint density at radius 3 is 2.19 bits per heavy atom. The Hall–Kier alpha value is 0.0400. The maximum atomic E-state index is 12.7. The molecule has 0 aromatic rings. The molecule has 0 aliphatic heterocycles. The van der Waals surface area contributed by atoms with Gasteiger partial charge in [0.1, 0.15) is 5.54 Å². The molecule has 0 amide bonds. The largest absolute Gasteiger partial charge is 0.406 e. The molecule has 0 saturated heterocycles. The van der Waals surface area contributed by atoms with E-state index >= 15 is 0 Å². The Balaban J connectivity index is 0.00000225. The summed E-state index contributed by atoms with van der Waals surface area (Å²) < 4.78 is 38.1. The molecule has 1 rings (SSSR count). The summed E-state index contributed by atoms with van der Waals surface area (Å²) in [5.41, 5.74) is 3.54. The first-order valence-electron chi connectivity index (χ1n) is 5.62. The van der Waals surface area contributed by atoms with Crippen LogP contribution in [0.25, 0.3) is 0 Å². The highest BCUT2D eigenvalue weighted by atomic mass is 35.5. The molecule has 1 fully saturated rings. The summed E-state index contributed by atoms with van der Waals surface area (Å²) >= 11 is 0. The Labute approximate surface area is 101 Å². The lowest BCUT2D eigenvalue weighted by Gasteiger charge is -2.30. The average Bonchev–Trinajstić information content (AvgIpc) is 2.26. The number of halogens is 4. The first-order chi connectivity index (χ1) is 6.76. The van der Waals surface area contributed by atoms with Gasteiger partial charge in [0.25, 0.3) is 0 Å². The van der Waals surface area contributed by atoms with Gasteiger partial charge < -0.3 is 5.73 Å². The molecule has 0 aromatic heterocycles. The van der Waals surface area contributed by atoms with Crippen molar-refractivity contribution >= 4 is 12.4 Å². The molecule has 1 saturated carbocycles. The summed E-state index contributed by atoms with van der Waals surface area (Å²) in [6.45, 7) is 4.14. The van der Waals surface area contributed by atoms with E-state index < -0.39 is 11.7 Å². The molecule has 2 N–H and O–H groups in total. The van der Waals surface area contributed by atoms with Gasteiger partial charge in [-0.1, -0.05) is 26.7 Å². The van der Waals surface area contributed by atoms with Crippen LogP contribution in [0.15, 0.2) is 0 Å². The molecule has 98 valence electrons. The van der Waals surface area contributed by atoms with Crippen molar-refractivity contribution in [3.8, 4) is 0 Å². The summed E-state index contributed by atoms with van der Waals surface area (Å²) in [4.78, 5) is 0. The molecule has 1 nitrogen and oxygen atoms in total. The van der Waals surface area contributed by atoms with Gasteiger partial charge in [0, 0.05) is 0 Å². The smallest absolute Gasteiger partial charge is 0.318 e. The number of hydrogen-bond acceptors (Lipinski definition) is 1. The number of alkyl halides is 3. The van der Waals surface area contributed by atoms with Crippen molar-refractivity contribution in [2.75, 3.05) is 0 Å². The van der Waals surface area contributed by atoms with Gasteiger partial charge in [-0.2, -0.15) is 13.2 Å². The number of nitrogens with two attached hydrogens (primary N) is 1. The maximum absolute atomic E-state index is 12.7. The second kappa shape index (κ2) is 5.58. The van der Waals surface area contributed by atoms with Crippen molar-refractivity contribution in [1.29, 1.82) is 0 Å². The summed E-state index contributed by atoms with van der Waals surface area (Å²) in [6.07, 6.45) is -2.00. The van der Waals surface area contributed by atoms with Gasteiger partial charge in [-0.3, -0.25) is 0 Å². The van der Waals surface area contributed by atoms with Crippen molar-refractivity contribution in [3.63, 3.8) is 0 Å². The summed E-state index contributed by atoms with van der Waals surface area (Å²) in [7, 11) is 0. The average molecular weight is 260 g/mol. The van der Waals surface area contributed by atoms with Gasteiger partial charge in [0.2, 0.25) is 0 Å². The zero-order valence-corrected chi connectivity index (χ0v) is 10.6. The monoisotopic (exact) mass is 259 g/mol. The lowest BCUT2D eigenvalue weighted by atomic mass is 9.87. The van der Waals surface area contributed by atoms with Gasteiger partial charge in [-0.15, -0.1) is 12.4 Å². The SMILES string of the molecule is CC(C)C1CCCC(N)(C(F)(F)F)CC1.Cl. The molecule has 0 heterocycles. The van der Waals surface area contributed by atoms with E-state index in [0.29, 0.717) is 24.7 Å². The second-order valence-corrected chi connectivity index (χ2v) is 5.09. The lowest BCUT2D eigenvalue weighted by Crippen LogP contribution is -2.53. The van der Waals surface area contributed by atoms with E-state index in [1.165, 1.54) is 0 Å². The van der Waals surface area contributed by atoms with Gasteiger partial charge >= 0.3 is 6.18 Å². The molecular formula is C11H21ClF3N. The van der Waals surface area contributed by atoms with Gasteiger partial charge in [0.05, 0.1) is 0 Å². The van der Waals surface area contributed by atoms with E-state index in [9.17, 15) is 13.2 Å². The van der Waals surface area contributed by atoms with Crippen molar-refractivity contribution in [2.24, 2.45) is 17.6 Å². The normalized spacial score (nSPS) is 32.1. The van der Waals surface area contributed by atoms with Crippen molar-refractivity contribution in [2.45, 2.75) is 57.7 Å². The van der Waals surface area contributed by atoms with Crippen LogP contribution in [-0.4, -0.2) is 11.7 Å². The van der Waals surface area contributed by atoms with Crippen molar-refractivity contribution < 1.29 is 13.2 Å². The predicted molar refractivity (Wildman–Crippen MR) is 61.6 cm³/mol. The summed E-state index contributed by atoms with van der Waals surface area (Å²) in [5, 5.41) is 0. The van der Waals surface area contributed by atoms with Gasteiger partial charge in [0.15, 0.2) is 0 Å². The van der Waals surface area contributed by atoms with Crippen LogP contribution >= 0.6 is 12.4 Å². The third-order valence-electron chi connectivity index (χ3n) is 3.67. The second-order valence-electron chi connectivity index (χ2n) is 5.09. The van der Waals surface area contributed by atoms with Crippen LogP contribution in [0.2, 0.25) is 0 Å². The highest BCUT2D eigenvalue weighted by Crippen LogP contribution is 2.41. The Morgan fingerprint density at radius 1 is 1.19 bits per heavy atom. The molecule has 1 aliphatic rings. The fraction of sp³-hybridized carbons (Fsp3) is 1.00. The Morgan fingerprint density at radius 2 is 1.75 bits per heavy atom. The topological polar surface area (TPSA) is 26.0 Å². The minimum absolute atomic E-state index is 0. The third-order valence-corrected chi connectivity index (χ3v) is 3.67. The van der Waals surface area contributed by atoms with Crippen LogP contribution in [0.5, 0.6) is 0 Å². The molecular weight excluding hydrogens is 239 g/mol. The van der Waals surface area contributed by atoms with Crippen LogP contribution in [0.1, 0.15) is 46.0 Å². The highest BCUT2D eigenvalue weighted by molar-refractivity contribution is 5.85. The predicted octanol–water partition coefficient (Wildman–Crippen LogP) is 3.90. The van der Waals surface area contributed by atoms with Crippen molar-refractivity contribution in [1.82, 2.24) is 0 Å². The van der Waals surface area contributed by atoms with E-state index in [0.717, 1.165) is 6.42 Å². The van der Waals surface area contributed by atoms with Crippen LogP contribution in [0.4, 0.5) is 13.2 Å².